The van der Waals surface area contributed by atoms with Crippen molar-refractivity contribution in [3.8, 4) is 0 Å². The Balaban J connectivity index is 1.90. The smallest absolute Gasteiger partial charge is 0.329 e. The molecule has 0 aliphatic heterocycles. The second kappa shape index (κ2) is 10.2. The zero-order valence-corrected chi connectivity index (χ0v) is 16.9. The molecule has 1 atom stereocenters. The molecule has 3 aromatic carbocycles. The number of methoxy groups -OCH3 is 1. The minimum atomic E-state index is -0.971. The summed E-state index contributed by atoms with van der Waals surface area (Å²) in [5.41, 5.74) is 2.08. The molecule has 0 saturated heterocycles. The number of nitrogens with one attached hydrogen (secondary N) is 1. The molecule has 0 aliphatic carbocycles. The van der Waals surface area contributed by atoms with Crippen molar-refractivity contribution in [2.45, 2.75) is 18.4 Å². The first-order valence-electron chi connectivity index (χ1n) is 9.70. The van der Waals surface area contributed by atoms with Crippen molar-refractivity contribution < 1.29 is 19.2 Å². The first kappa shape index (κ1) is 21.7. The van der Waals surface area contributed by atoms with E-state index in [-0.39, 0.29) is 12.1 Å². The highest BCUT2D eigenvalue weighted by atomic mass is 16.6. The highest BCUT2D eigenvalue weighted by molar-refractivity contribution is 5.87. The van der Waals surface area contributed by atoms with Crippen LogP contribution in [0.2, 0.25) is 0 Å². The number of nitro groups is 1. The molecule has 3 rings (SSSR count). The van der Waals surface area contributed by atoms with E-state index in [2.05, 4.69) is 5.32 Å². The van der Waals surface area contributed by atoms with Crippen molar-refractivity contribution in [3.05, 3.63) is 112 Å². The molecule has 3 aromatic rings. The van der Waals surface area contributed by atoms with Crippen LogP contribution in [0.25, 0.3) is 0 Å². The number of benzene rings is 3. The van der Waals surface area contributed by atoms with Gasteiger partial charge in [0.1, 0.15) is 6.04 Å². The minimum absolute atomic E-state index is 0.0961. The van der Waals surface area contributed by atoms with Gasteiger partial charge in [-0.15, -0.1) is 0 Å². The molecule has 0 fully saturated rings. The van der Waals surface area contributed by atoms with E-state index >= 15 is 0 Å². The van der Waals surface area contributed by atoms with E-state index in [1.807, 2.05) is 60.7 Å². The Hall–Kier alpha value is -4.00. The van der Waals surface area contributed by atoms with Gasteiger partial charge < -0.3 is 10.1 Å². The number of ether oxygens (including phenoxy) is 1. The number of nitrogens with zero attached hydrogens (tertiary/aromatic N) is 1. The van der Waals surface area contributed by atoms with Gasteiger partial charge in [0.25, 0.3) is 5.69 Å². The van der Waals surface area contributed by atoms with Crippen LogP contribution in [0.5, 0.6) is 0 Å². The Bertz CT molecular complexity index is 1010. The lowest BCUT2D eigenvalue weighted by molar-refractivity contribution is -0.384. The molecule has 0 unspecified atom stereocenters. The largest absolute Gasteiger partial charge is 0.467 e. The lowest BCUT2D eigenvalue weighted by Gasteiger charge is -2.27. The zero-order valence-electron chi connectivity index (χ0n) is 16.9. The highest BCUT2D eigenvalue weighted by Crippen LogP contribution is 2.29. The van der Waals surface area contributed by atoms with E-state index < -0.39 is 28.8 Å². The summed E-state index contributed by atoms with van der Waals surface area (Å²) < 4.78 is 5.00. The van der Waals surface area contributed by atoms with Crippen LogP contribution in [-0.2, 0) is 20.7 Å². The lowest BCUT2D eigenvalue weighted by Crippen LogP contribution is -2.46. The fourth-order valence-electron chi connectivity index (χ4n) is 3.49. The average Bonchev–Trinajstić information content (AvgIpc) is 2.79. The number of hydrogen-bond acceptors (Lipinski definition) is 5. The third kappa shape index (κ3) is 5.54. The van der Waals surface area contributed by atoms with Gasteiger partial charge in [0.2, 0.25) is 5.91 Å². The molecule has 0 bridgehead atoms. The molecule has 0 aliphatic rings. The average molecular weight is 418 g/mol. The number of hydrogen-bond donors (Lipinski definition) is 1. The number of esters is 1. The summed E-state index contributed by atoms with van der Waals surface area (Å²) >= 11 is 0. The van der Waals surface area contributed by atoms with Crippen LogP contribution in [0, 0.1) is 10.1 Å². The maximum atomic E-state index is 12.8. The SMILES string of the molecule is COC(=O)[C@H](NC(=O)Cc1cccc([N+](=O)[O-])c1)C(c1ccccc1)c1ccccc1. The monoisotopic (exact) mass is 418 g/mol. The van der Waals surface area contributed by atoms with Gasteiger partial charge in [-0.05, 0) is 16.7 Å². The van der Waals surface area contributed by atoms with E-state index in [1.54, 1.807) is 6.07 Å². The summed E-state index contributed by atoms with van der Waals surface area (Å²) in [5, 5.41) is 13.8. The van der Waals surface area contributed by atoms with E-state index in [1.165, 1.54) is 25.3 Å². The highest BCUT2D eigenvalue weighted by Gasteiger charge is 2.33. The number of carbonyl (C=O) groups excluding carboxylic acids is 2. The topological polar surface area (TPSA) is 98.5 Å². The molecule has 158 valence electrons. The number of carbonyl (C=O) groups is 2. The number of non-ortho nitro benzene ring substituents is 1. The van der Waals surface area contributed by atoms with Crippen LogP contribution >= 0.6 is 0 Å². The van der Waals surface area contributed by atoms with Crippen molar-refractivity contribution in [3.63, 3.8) is 0 Å². The fourth-order valence-corrected chi connectivity index (χ4v) is 3.49. The Morgan fingerprint density at radius 2 is 1.52 bits per heavy atom. The second-order valence-electron chi connectivity index (χ2n) is 6.97. The summed E-state index contributed by atoms with van der Waals surface area (Å²) in [6.07, 6.45) is -0.106. The second-order valence-corrected chi connectivity index (χ2v) is 6.97. The van der Waals surface area contributed by atoms with Gasteiger partial charge in [-0.2, -0.15) is 0 Å². The number of amides is 1. The Morgan fingerprint density at radius 1 is 0.935 bits per heavy atom. The fraction of sp³-hybridized carbons (Fsp3) is 0.167. The molecule has 7 nitrogen and oxygen atoms in total. The van der Waals surface area contributed by atoms with Crippen LogP contribution in [0.4, 0.5) is 5.69 Å². The van der Waals surface area contributed by atoms with Crippen molar-refractivity contribution in [1.29, 1.82) is 0 Å². The molecule has 1 amide bonds. The van der Waals surface area contributed by atoms with Gasteiger partial charge in [0.05, 0.1) is 18.5 Å². The normalized spacial score (nSPS) is 11.5. The summed E-state index contributed by atoms with van der Waals surface area (Å²) in [4.78, 5) is 36.0. The third-order valence-electron chi connectivity index (χ3n) is 4.91. The van der Waals surface area contributed by atoms with Crippen molar-refractivity contribution in [2.24, 2.45) is 0 Å². The van der Waals surface area contributed by atoms with Gasteiger partial charge in [-0.3, -0.25) is 14.9 Å². The quantitative estimate of drug-likeness (QED) is 0.342. The first-order valence-corrected chi connectivity index (χ1v) is 9.70. The Labute approximate surface area is 179 Å². The van der Waals surface area contributed by atoms with Crippen molar-refractivity contribution >= 4 is 17.6 Å². The molecule has 0 saturated carbocycles. The van der Waals surface area contributed by atoms with Gasteiger partial charge in [0.15, 0.2) is 0 Å². The van der Waals surface area contributed by atoms with E-state index in [0.717, 1.165) is 11.1 Å². The first-order chi connectivity index (χ1) is 15.0. The third-order valence-corrected chi connectivity index (χ3v) is 4.91. The molecular formula is C24H22N2O5. The van der Waals surface area contributed by atoms with Crippen LogP contribution in [-0.4, -0.2) is 30.0 Å². The van der Waals surface area contributed by atoms with E-state index in [4.69, 9.17) is 4.74 Å². The molecular weight excluding hydrogens is 396 g/mol. The molecule has 0 spiro atoms. The number of nitro benzene ring substituents is 1. The predicted molar refractivity (Wildman–Crippen MR) is 115 cm³/mol. The standard InChI is InChI=1S/C24H22N2O5/c1-31-24(28)23(25-21(27)16-17-9-8-14-20(15-17)26(29)30)22(18-10-4-2-5-11-18)19-12-6-3-7-13-19/h2-15,22-23H,16H2,1H3,(H,25,27)/t23-/m1/s1. The summed E-state index contributed by atoms with van der Waals surface area (Å²) in [6.45, 7) is 0. The van der Waals surface area contributed by atoms with Gasteiger partial charge in [0, 0.05) is 18.1 Å². The summed E-state index contributed by atoms with van der Waals surface area (Å²) in [5.74, 6) is -1.48. The van der Waals surface area contributed by atoms with Crippen LogP contribution < -0.4 is 5.32 Å². The molecule has 0 aromatic heterocycles. The van der Waals surface area contributed by atoms with Crippen LogP contribution in [0.3, 0.4) is 0 Å². The molecule has 31 heavy (non-hydrogen) atoms. The Kier molecular flexibility index (Phi) is 7.11. The van der Waals surface area contributed by atoms with Gasteiger partial charge in [-0.25, -0.2) is 4.79 Å². The Morgan fingerprint density at radius 3 is 2.03 bits per heavy atom. The summed E-state index contributed by atoms with van der Waals surface area (Å²) in [7, 11) is 1.27. The van der Waals surface area contributed by atoms with Gasteiger partial charge >= 0.3 is 5.97 Å². The van der Waals surface area contributed by atoms with Crippen LogP contribution in [0.1, 0.15) is 22.6 Å². The minimum Gasteiger partial charge on any atom is -0.467 e. The van der Waals surface area contributed by atoms with Gasteiger partial charge in [-0.1, -0.05) is 72.8 Å². The van der Waals surface area contributed by atoms with E-state index in [9.17, 15) is 19.7 Å². The molecule has 1 N–H and O–H groups in total. The molecule has 0 heterocycles. The predicted octanol–water partition coefficient (Wildman–Crippen LogP) is 3.63. The summed E-state index contributed by atoms with van der Waals surface area (Å²) in [6, 6.07) is 23.7. The number of rotatable bonds is 8. The lowest BCUT2D eigenvalue weighted by atomic mass is 9.85. The maximum absolute atomic E-state index is 12.8. The maximum Gasteiger partial charge on any atom is 0.329 e. The van der Waals surface area contributed by atoms with Crippen LogP contribution in [0.15, 0.2) is 84.9 Å². The van der Waals surface area contributed by atoms with Crippen molar-refractivity contribution in [2.75, 3.05) is 7.11 Å². The molecule has 0 radical (unpaired) electrons. The van der Waals surface area contributed by atoms with E-state index in [0.29, 0.717) is 5.56 Å². The van der Waals surface area contributed by atoms with Crippen molar-refractivity contribution in [1.82, 2.24) is 5.32 Å². The zero-order chi connectivity index (χ0) is 22.2. The molecule has 7 heteroatoms.